The average Bonchev–Trinajstić information content (AvgIpc) is 2.66. The van der Waals surface area contributed by atoms with Crippen molar-refractivity contribution in [3.63, 3.8) is 0 Å². The van der Waals surface area contributed by atoms with Crippen LogP contribution in [0.5, 0.6) is 5.75 Å². The van der Waals surface area contributed by atoms with Crippen LogP contribution in [0.3, 0.4) is 0 Å². The van der Waals surface area contributed by atoms with Gasteiger partial charge in [0.1, 0.15) is 17.9 Å². The van der Waals surface area contributed by atoms with E-state index in [2.05, 4.69) is 49.8 Å². The molecule has 28 heavy (non-hydrogen) atoms. The lowest BCUT2D eigenvalue weighted by atomic mass is 10.1. The van der Waals surface area contributed by atoms with E-state index in [0.717, 1.165) is 12.9 Å². The van der Waals surface area contributed by atoms with Gasteiger partial charge < -0.3 is 4.74 Å². The van der Waals surface area contributed by atoms with Crippen molar-refractivity contribution < 1.29 is 19.1 Å². The first-order valence-electron chi connectivity index (χ1n) is 7.93. The van der Waals surface area contributed by atoms with Crippen LogP contribution in [0.25, 0.3) is 6.08 Å². The molecule has 2 aromatic rings. The predicted octanol–water partition coefficient (Wildman–Crippen LogP) is 3.73. The second kappa shape index (κ2) is 8.58. The molecule has 0 spiro atoms. The summed E-state index contributed by atoms with van der Waals surface area (Å²) in [5, 5.41) is 2.20. The zero-order chi connectivity index (χ0) is 20.3. The Balaban J connectivity index is 1.94. The Labute approximate surface area is 183 Å². The Morgan fingerprint density at radius 1 is 1.18 bits per heavy atom. The number of nitrogens with one attached hydrogen (secondary N) is 1. The third-order valence-electron chi connectivity index (χ3n) is 3.76. The van der Waals surface area contributed by atoms with E-state index >= 15 is 0 Å². The number of hydrogen-bond acceptors (Lipinski definition) is 4. The lowest BCUT2D eigenvalue weighted by molar-refractivity contribution is -0.122. The molecule has 1 aliphatic rings. The van der Waals surface area contributed by atoms with Gasteiger partial charge in [0.05, 0.1) is 9.26 Å². The first kappa shape index (κ1) is 20.1. The van der Waals surface area contributed by atoms with Gasteiger partial charge in [0.25, 0.3) is 11.8 Å². The number of amides is 4. The van der Waals surface area contributed by atoms with E-state index in [9.17, 15) is 14.4 Å². The van der Waals surface area contributed by atoms with Crippen molar-refractivity contribution in [1.82, 2.24) is 5.32 Å². The normalized spacial score (nSPS) is 15.4. The van der Waals surface area contributed by atoms with Crippen molar-refractivity contribution in [2.24, 2.45) is 0 Å². The summed E-state index contributed by atoms with van der Waals surface area (Å²) in [5.41, 5.74) is 0.827. The second-order valence-corrected chi connectivity index (χ2v) is 7.69. The van der Waals surface area contributed by atoms with Gasteiger partial charge in [0.15, 0.2) is 0 Å². The fourth-order valence-corrected chi connectivity index (χ4v) is 3.45. The number of imide groups is 2. The molecular formula is C20H12BrIN2O4. The van der Waals surface area contributed by atoms with Crippen LogP contribution < -0.4 is 15.0 Å². The van der Waals surface area contributed by atoms with Gasteiger partial charge in [-0.25, -0.2) is 9.69 Å². The summed E-state index contributed by atoms with van der Waals surface area (Å²) in [6.07, 6.45) is 6.62. The quantitative estimate of drug-likeness (QED) is 0.272. The monoisotopic (exact) mass is 550 g/mol. The molecule has 4 amide bonds. The van der Waals surface area contributed by atoms with Gasteiger partial charge >= 0.3 is 6.03 Å². The van der Waals surface area contributed by atoms with Crippen molar-refractivity contribution >= 4 is 68.1 Å². The fourth-order valence-electron chi connectivity index (χ4n) is 2.49. The largest absolute Gasteiger partial charge is 0.480 e. The number of carbonyl (C=O) groups excluding carboxylic acids is 3. The van der Waals surface area contributed by atoms with Crippen LogP contribution in [-0.2, 0) is 9.59 Å². The topological polar surface area (TPSA) is 75.7 Å². The molecule has 8 heteroatoms. The summed E-state index contributed by atoms with van der Waals surface area (Å²) in [5.74, 6) is 1.55. The average molecular weight is 551 g/mol. The molecule has 1 N–H and O–H groups in total. The number of terminal acetylenes is 1. The Bertz CT molecular complexity index is 1040. The van der Waals surface area contributed by atoms with Crippen molar-refractivity contribution in [3.8, 4) is 18.1 Å². The summed E-state index contributed by atoms with van der Waals surface area (Å²) in [7, 11) is 0. The highest BCUT2D eigenvalue weighted by Crippen LogP contribution is 2.26. The van der Waals surface area contributed by atoms with Crippen LogP contribution in [0.15, 0.2) is 52.5 Å². The van der Waals surface area contributed by atoms with Gasteiger partial charge in [-0.05, 0) is 70.6 Å². The summed E-state index contributed by atoms with van der Waals surface area (Å²) >= 11 is 5.38. The third-order valence-corrected chi connectivity index (χ3v) is 5.14. The number of hydrogen-bond donors (Lipinski definition) is 1. The van der Waals surface area contributed by atoms with E-state index in [0.29, 0.717) is 17.0 Å². The number of rotatable bonds is 4. The van der Waals surface area contributed by atoms with Gasteiger partial charge in [-0.15, -0.1) is 6.42 Å². The molecule has 1 fully saturated rings. The summed E-state index contributed by atoms with van der Waals surface area (Å²) in [6, 6.07) is 11.0. The van der Waals surface area contributed by atoms with E-state index in [-0.39, 0.29) is 12.2 Å². The SMILES string of the molecule is C#CCOc1ccc(/C=C2\C(=O)NC(=O)N(c3ccc(Br)cc3)C2=O)cc1I. The number of benzene rings is 2. The van der Waals surface area contributed by atoms with Gasteiger partial charge in [0, 0.05) is 4.47 Å². The molecule has 0 unspecified atom stereocenters. The minimum absolute atomic E-state index is 0.140. The molecule has 0 aliphatic carbocycles. The number of carbonyl (C=O) groups is 3. The van der Waals surface area contributed by atoms with E-state index in [1.807, 2.05) is 0 Å². The maximum atomic E-state index is 12.8. The molecular weight excluding hydrogens is 539 g/mol. The Kier molecular flexibility index (Phi) is 6.16. The van der Waals surface area contributed by atoms with Crippen molar-refractivity contribution in [3.05, 3.63) is 61.6 Å². The molecule has 1 heterocycles. The lowest BCUT2D eigenvalue weighted by Gasteiger charge is -2.26. The first-order chi connectivity index (χ1) is 13.4. The van der Waals surface area contributed by atoms with E-state index < -0.39 is 17.8 Å². The standard InChI is InChI=1S/C20H12BrIN2O4/c1-2-9-28-17-8-3-12(11-16(17)22)10-15-18(25)23-20(27)24(19(15)26)14-6-4-13(21)5-7-14/h1,3-8,10-11H,9H2,(H,23,25,27)/b15-10+. The van der Waals surface area contributed by atoms with Crippen molar-refractivity contribution in [2.45, 2.75) is 0 Å². The van der Waals surface area contributed by atoms with Gasteiger partial charge in [-0.2, -0.15) is 0 Å². The van der Waals surface area contributed by atoms with Gasteiger partial charge in [-0.3, -0.25) is 14.9 Å². The Morgan fingerprint density at radius 3 is 2.54 bits per heavy atom. The van der Waals surface area contributed by atoms with Crippen molar-refractivity contribution in [1.29, 1.82) is 0 Å². The number of ether oxygens (including phenoxy) is 1. The highest BCUT2D eigenvalue weighted by Gasteiger charge is 2.36. The highest BCUT2D eigenvalue weighted by atomic mass is 127. The van der Waals surface area contributed by atoms with Crippen LogP contribution in [-0.4, -0.2) is 24.5 Å². The number of nitrogens with zero attached hydrogens (tertiary/aromatic N) is 1. The molecule has 0 radical (unpaired) electrons. The number of anilines is 1. The predicted molar refractivity (Wildman–Crippen MR) is 117 cm³/mol. The molecule has 140 valence electrons. The molecule has 1 aliphatic heterocycles. The number of halogens is 2. The Morgan fingerprint density at radius 2 is 1.89 bits per heavy atom. The summed E-state index contributed by atoms with van der Waals surface area (Å²) in [4.78, 5) is 38.2. The van der Waals surface area contributed by atoms with E-state index in [4.69, 9.17) is 11.2 Å². The minimum Gasteiger partial charge on any atom is -0.480 e. The van der Waals surface area contributed by atoms with Crippen LogP contribution >= 0.6 is 38.5 Å². The highest BCUT2D eigenvalue weighted by molar-refractivity contribution is 14.1. The molecule has 0 saturated carbocycles. The van der Waals surface area contributed by atoms with Crippen molar-refractivity contribution in [2.75, 3.05) is 11.5 Å². The third kappa shape index (κ3) is 4.26. The lowest BCUT2D eigenvalue weighted by Crippen LogP contribution is -2.54. The Hall–Kier alpha value is -2.64. The smallest absolute Gasteiger partial charge is 0.335 e. The molecule has 0 aromatic heterocycles. The maximum Gasteiger partial charge on any atom is 0.335 e. The minimum atomic E-state index is -0.790. The van der Waals surface area contributed by atoms with Gasteiger partial charge in [-0.1, -0.05) is 27.9 Å². The van der Waals surface area contributed by atoms with Crippen LogP contribution in [0.2, 0.25) is 0 Å². The van der Waals surface area contributed by atoms with Crippen LogP contribution in [0.1, 0.15) is 5.56 Å². The summed E-state index contributed by atoms with van der Waals surface area (Å²) < 4.78 is 6.98. The molecule has 1 saturated heterocycles. The van der Waals surface area contributed by atoms with E-state index in [1.165, 1.54) is 6.08 Å². The van der Waals surface area contributed by atoms with Crippen LogP contribution in [0, 0.1) is 15.9 Å². The molecule has 3 rings (SSSR count). The molecule has 2 aromatic carbocycles. The number of urea groups is 1. The maximum absolute atomic E-state index is 12.8. The van der Waals surface area contributed by atoms with Gasteiger partial charge in [0.2, 0.25) is 0 Å². The van der Waals surface area contributed by atoms with E-state index in [1.54, 1.807) is 42.5 Å². The zero-order valence-corrected chi connectivity index (χ0v) is 18.0. The fraction of sp³-hybridized carbons (Fsp3) is 0.0500. The van der Waals surface area contributed by atoms with Crippen LogP contribution in [0.4, 0.5) is 10.5 Å². The molecule has 0 atom stereocenters. The summed E-state index contributed by atoms with van der Waals surface area (Å²) in [6.45, 7) is 0.140. The zero-order valence-electron chi connectivity index (χ0n) is 14.2. The molecule has 0 bridgehead atoms. The first-order valence-corrected chi connectivity index (χ1v) is 9.80. The second-order valence-electron chi connectivity index (χ2n) is 5.62. The number of barbiturate groups is 1. The molecule has 6 nitrogen and oxygen atoms in total.